The lowest BCUT2D eigenvalue weighted by Gasteiger charge is -2.07. The summed E-state index contributed by atoms with van der Waals surface area (Å²) in [5.41, 5.74) is 1.90. The summed E-state index contributed by atoms with van der Waals surface area (Å²) in [4.78, 5) is 11.6. The van der Waals surface area contributed by atoms with Gasteiger partial charge in [0.2, 0.25) is 0 Å². The zero-order chi connectivity index (χ0) is 22.3. The fraction of sp³-hybridized carbons (Fsp3) is 0.423. The van der Waals surface area contributed by atoms with Crippen molar-refractivity contribution in [2.24, 2.45) is 0 Å². The molecular weight excluding hydrogens is 413 g/mol. The van der Waals surface area contributed by atoms with E-state index in [1.807, 2.05) is 12.1 Å². The van der Waals surface area contributed by atoms with Crippen LogP contribution < -0.4 is 5.32 Å². The van der Waals surface area contributed by atoms with Crippen molar-refractivity contribution in [3.05, 3.63) is 64.4 Å². The molecular formula is C26H31ClFNO2. The molecule has 0 aromatic heterocycles. The molecule has 166 valence electrons. The van der Waals surface area contributed by atoms with Gasteiger partial charge in [-0.25, -0.2) is 9.18 Å². The molecule has 2 rings (SSSR count). The maximum absolute atomic E-state index is 13.6. The number of rotatable bonds is 12. The molecule has 2 aromatic carbocycles. The Balaban J connectivity index is 1.47. The Hall–Kier alpha value is -2.51. The smallest absolute Gasteiger partial charge is 0.338 e. The lowest BCUT2D eigenvalue weighted by atomic mass is 10.1. The van der Waals surface area contributed by atoms with E-state index in [4.69, 9.17) is 16.3 Å². The van der Waals surface area contributed by atoms with Crippen molar-refractivity contribution in [1.82, 2.24) is 0 Å². The third-order valence-corrected chi connectivity index (χ3v) is 5.19. The van der Waals surface area contributed by atoms with Gasteiger partial charge >= 0.3 is 5.97 Å². The van der Waals surface area contributed by atoms with Crippen LogP contribution >= 0.6 is 11.6 Å². The summed E-state index contributed by atoms with van der Waals surface area (Å²) in [6.07, 6.45) is 8.90. The Bertz CT molecular complexity index is 851. The van der Waals surface area contributed by atoms with Gasteiger partial charge in [0.05, 0.1) is 22.8 Å². The molecule has 0 aliphatic carbocycles. The Morgan fingerprint density at radius 1 is 1.00 bits per heavy atom. The summed E-state index contributed by atoms with van der Waals surface area (Å²) >= 11 is 5.96. The number of nitrogens with one attached hydrogen (secondary N) is 1. The van der Waals surface area contributed by atoms with E-state index >= 15 is 0 Å². The predicted molar refractivity (Wildman–Crippen MR) is 126 cm³/mol. The van der Waals surface area contributed by atoms with Gasteiger partial charge in [0.15, 0.2) is 0 Å². The average Bonchev–Trinajstić information content (AvgIpc) is 2.77. The third kappa shape index (κ3) is 9.44. The Morgan fingerprint density at radius 3 is 2.35 bits per heavy atom. The van der Waals surface area contributed by atoms with Gasteiger partial charge in [-0.05, 0) is 56.2 Å². The summed E-state index contributed by atoms with van der Waals surface area (Å²) in [5, 5.41) is 3.76. The molecule has 0 radical (unpaired) electrons. The first-order valence-corrected chi connectivity index (χ1v) is 11.4. The van der Waals surface area contributed by atoms with Crippen molar-refractivity contribution >= 4 is 23.3 Å². The number of benzene rings is 2. The SMILES string of the molecule is CCOC(=O)c1ccc(NCCCCCCCCCC#Cc2c(F)cccc2Cl)cc1. The number of esters is 1. The minimum absolute atomic E-state index is 0.282. The Morgan fingerprint density at radius 2 is 1.68 bits per heavy atom. The van der Waals surface area contributed by atoms with E-state index in [2.05, 4.69) is 17.2 Å². The molecule has 3 nitrogen and oxygen atoms in total. The van der Waals surface area contributed by atoms with E-state index in [1.54, 1.807) is 31.2 Å². The quantitative estimate of drug-likeness (QED) is 0.213. The molecule has 0 unspecified atom stereocenters. The van der Waals surface area contributed by atoms with Crippen molar-refractivity contribution in [3.63, 3.8) is 0 Å². The Labute approximate surface area is 190 Å². The van der Waals surface area contributed by atoms with Gasteiger partial charge < -0.3 is 10.1 Å². The van der Waals surface area contributed by atoms with E-state index in [-0.39, 0.29) is 11.8 Å². The Kier molecular flexibility index (Phi) is 11.6. The van der Waals surface area contributed by atoms with Crippen molar-refractivity contribution in [3.8, 4) is 11.8 Å². The number of unbranched alkanes of at least 4 members (excludes halogenated alkanes) is 7. The second kappa shape index (κ2) is 14.5. The second-order valence-corrected chi connectivity index (χ2v) is 7.76. The molecule has 0 amide bonds. The number of halogens is 2. The number of ether oxygens (including phenoxy) is 1. The van der Waals surface area contributed by atoms with Crippen LogP contribution in [0.25, 0.3) is 0 Å². The van der Waals surface area contributed by atoms with Gasteiger partial charge in [-0.15, -0.1) is 0 Å². The zero-order valence-electron chi connectivity index (χ0n) is 18.2. The molecule has 0 aliphatic rings. The summed E-state index contributed by atoms with van der Waals surface area (Å²) in [5.74, 6) is 5.23. The molecule has 2 aromatic rings. The molecule has 0 atom stereocenters. The van der Waals surface area contributed by atoms with Crippen LogP contribution in [0.15, 0.2) is 42.5 Å². The van der Waals surface area contributed by atoms with Gasteiger partial charge in [-0.3, -0.25) is 0 Å². The molecule has 5 heteroatoms. The van der Waals surface area contributed by atoms with Crippen LogP contribution in [0.5, 0.6) is 0 Å². The van der Waals surface area contributed by atoms with E-state index in [9.17, 15) is 9.18 Å². The van der Waals surface area contributed by atoms with Crippen LogP contribution in [0, 0.1) is 17.7 Å². The zero-order valence-corrected chi connectivity index (χ0v) is 18.9. The van der Waals surface area contributed by atoms with Crippen LogP contribution in [-0.4, -0.2) is 19.1 Å². The van der Waals surface area contributed by atoms with Crippen molar-refractivity contribution in [2.75, 3.05) is 18.5 Å². The molecule has 0 saturated heterocycles. The van der Waals surface area contributed by atoms with Crippen LogP contribution in [0.4, 0.5) is 10.1 Å². The van der Waals surface area contributed by atoms with Gasteiger partial charge in [-0.2, -0.15) is 0 Å². The minimum Gasteiger partial charge on any atom is -0.462 e. The summed E-state index contributed by atoms with van der Waals surface area (Å²) in [7, 11) is 0. The number of carbonyl (C=O) groups is 1. The number of anilines is 1. The first-order chi connectivity index (χ1) is 15.1. The predicted octanol–water partition coefficient (Wildman–Crippen LogP) is 7.24. The van der Waals surface area contributed by atoms with Crippen LogP contribution in [-0.2, 0) is 4.74 Å². The van der Waals surface area contributed by atoms with Gasteiger partial charge in [0.25, 0.3) is 0 Å². The lowest BCUT2D eigenvalue weighted by Crippen LogP contribution is -2.05. The molecule has 31 heavy (non-hydrogen) atoms. The third-order valence-electron chi connectivity index (χ3n) is 4.88. The average molecular weight is 444 g/mol. The molecule has 0 heterocycles. The first kappa shape index (κ1) is 24.8. The molecule has 0 aliphatic heterocycles. The highest BCUT2D eigenvalue weighted by atomic mass is 35.5. The van der Waals surface area contributed by atoms with Crippen LogP contribution in [0.3, 0.4) is 0 Å². The van der Waals surface area contributed by atoms with Gasteiger partial charge in [-0.1, -0.05) is 61.6 Å². The number of hydrogen-bond acceptors (Lipinski definition) is 3. The highest BCUT2D eigenvalue weighted by Crippen LogP contribution is 2.17. The largest absolute Gasteiger partial charge is 0.462 e. The fourth-order valence-electron chi connectivity index (χ4n) is 3.16. The normalized spacial score (nSPS) is 10.3. The van der Waals surface area contributed by atoms with Crippen molar-refractivity contribution in [1.29, 1.82) is 0 Å². The summed E-state index contributed by atoms with van der Waals surface area (Å²) in [6.45, 7) is 3.11. The number of hydrogen-bond donors (Lipinski definition) is 1. The summed E-state index contributed by atoms with van der Waals surface area (Å²) in [6, 6.07) is 12.0. The topological polar surface area (TPSA) is 38.3 Å². The first-order valence-electron chi connectivity index (χ1n) is 11.1. The van der Waals surface area contributed by atoms with Gasteiger partial charge in [0.1, 0.15) is 5.82 Å². The van der Waals surface area contributed by atoms with Gasteiger partial charge in [0, 0.05) is 18.7 Å². The van der Waals surface area contributed by atoms with E-state index in [1.165, 1.54) is 31.7 Å². The molecule has 0 spiro atoms. The monoisotopic (exact) mass is 443 g/mol. The maximum Gasteiger partial charge on any atom is 0.338 e. The van der Waals surface area contributed by atoms with E-state index < -0.39 is 0 Å². The van der Waals surface area contributed by atoms with Crippen LogP contribution in [0.2, 0.25) is 5.02 Å². The molecule has 0 bridgehead atoms. The molecule has 1 N–H and O–H groups in total. The standard InChI is InChI=1S/C26H31ClFNO2/c1-2-31-26(30)21-16-18-22(19-17-21)29-20-11-9-7-5-3-4-6-8-10-13-23-24(27)14-12-15-25(23)28/h12,14-19,29H,2-9,11,20H2,1H3. The van der Waals surface area contributed by atoms with E-state index in [0.29, 0.717) is 22.8 Å². The van der Waals surface area contributed by atoms with Crippen molar-refractivity contribution < 1.29 is 13.9 Å². The highest BCUT2D eigenvalue weighted by Gasteiger charge is 2.05. The minimum atomic E-state index is -0.358. The van der Waals surface area contributed by atoms with E-state index in [0.717, 1.165) is 37.9 Å². The fourth-order valence-corrected chi connectivity index (χ4v) is 3.37. The molecule has 0 fully saturated rings. The van der Waals surface area contributed by atoms with Crippen LogP contribution in [0.1, 0.15) is 74.2 Å². The molecule has 0 saturated carbocycles. The highest BCUT2D eigenvalue weighted by molar-refractivity contribution is 6.31. The summed E-state index contributed by atoms with van der Waals surface area (Å²) < 4.78 is 18.6. The maximum atomic E-state index is 13.6. The van der Waals surface area contributed by atoms with Crippen molar-refractivity contribution in [2.45, 2.75) is 58.3 Å². The number of carbonyl (C=O) groups excluding carboxylic acids is 1. The second-order valence-electron chi connectivity index (χ2n) is 7.35. The lowest BCUT2D eigenvalue weighted by molar-refractivity contribution is 0.0526.